The van der Waals surface area contributed by atoms with Gasteiger partial charge in [0.1, 0.15) is 36.2 Å². The minimum absolute atomic E-state index is 0.149. The number of ether oxygens (including phenoxy) is 1. The van der Waals surface area contributed by atoms with Crippen LogP contribution in [0.3, 0.4) is 0 Å². The second-order valence-corrected chi connectivity index (χ2v) is 4.92. The molecule has 0 saturated carbocycles. The molecule has 3 rings (SSSR count). The highest BCUT2D eigenvalue weighted by Gasteiger charge is 2.48. The maximum atomic E-state index is 10.9. The third kappa shape index (κ3) is 2.07. The second-order valence-electron chi connectivity index (χ2n) is 4.92. The summed E-state index contributed by atoms with van der Waals surface area (Å²) in [5.41, 5.74) is 11.7. The summed E-state index contributed by atoms with van der Waals surface area (Å²) in [5, 5.41) is 29.0. The van der Waals surface area contributed by atoms with Gasteiger partial charge < -0.3 is 31.5 Å². The number of aliphatic carboxylic acids is 1. The molecule has 11 heteroatoms. The quantitative estimate of drug-likeness (QED) is 0.404. The summed E-state index contributed by atoms with van der Waals surface area (Å²) in [6, 6.07) is -1.48. The first-order chi connectivity index (χ1) is 10.4. The number of hydrogen-bond donors (Lipinski definition) is 5. The van der Waals surface area contributed by atoms with E-state index in [-0.39, 0.29) is 11.5 Å². The Kier molecular flexibility index (Phi) is 3.41. The number of nitrogen functional groups attached to an aromatic ring is 1. The summed E-state index contributed by atoms with van der Waals surface area (Å²) in [4.78, 5) is 22.7. The van der Waals surface area contributed by atoms with Crippen molar-refractivity contribution in [1.82, 2.24) is 19.5 Å². The Morgan fingerprint density at radius 3 is 2.73 bits per heavy atom. The largest absolute Gasteiger partial charge is 0.480 e. The molecule has 7 N–H and O–H groups in total. The van der Waals surface area contributed by atoms with E-state index in [0.29, 0.717) is 5.52 Å². The van der Waals surface area contributed by atoms with E-state index in [0.717, 1.165) is 0 Å². The average molecular weight is 310 g/mol. The lowest BCUT2D eigenvalue weighted by molar-refractivity contribution is -0.144. The molecule has 0 aromatic carbocycles. The highest BCUT2D eigenvalue weighted by atomic mass is 16.6. The minimum atomic E-state index is -1.48. The molecule has 2 aromatic heterocycles. The Balaban J connectivity index is 1.98. The molecule has 5 unspecified atom stereocenters. The van der Waals surface area contributed by atoms with Gasteiger partial charge in [0.15, 0.2) is 17.7 Å². The molecule has 11 nitrogen and oxygen atoms in total. The Morgan fingerprint density at radius 2 is 2.05 bits per heavy atom. The molecular formula is C11H14N6O5. The first-order valence-electron chi connectivity index (χ1n) is 6.34. The van der Waals surface area contributed by atoms with E-state index in [1.807, 2.05) is 0 Å². The van der Waals surface area contributed by atoms with Crippen molar-refractivity contribution in [3.8, 4) is 0 Å². The van der Waals surface area contributed by atoms with Crippen molar-refractivity contribution in [1.29, 1.82) is 0 Å². The zero-order valence-corrected chi connectivity index (χ0v) is 11.1. The third-order valence-electron chi connectivity index (χ3n) is 3.58. The van der Waals surface area contributed by atoms with Crippen LogP contribution >= 0.6 is 0 Å². The Hall–Kier alpha value is -2.34. The molecule has 5 atom stereocenters. The lowest BCUT2D eigenvalue weighted by Crippen LogP contribution is -2.48. The van der Waals surface area contributed by atoms with Gasteiger partial charge in [0, 0.05) is 0 Å². The molecule has 118 valence electrons. The van der Waals surface area contributed by atoms with Crippen molar-refractivity contribution in [2.75, 3.05) is 5.73 Å². The minimum Gasteiger partial charge on any atom is -0.480 e. The predicted octanol–water partition coefficient (Wildman–Crippen LogP) is -2.56. The van der Waals surface area contributed by atoms with Gasteiger partial charge in [-0.15, -0.1) is 0 Å². The van der Waals surface area contributed by atoms with E-state index in [1.54, 1.807) is 0 Å². The summed E-state index contributed by atoms with van der Waals surface area (Å²) in [6.45, 7) is 0. The van der Waals surface area contributed by atoms with Crippen LogP contribution < -0.4 is 11.5 Å². The number of hydrogen-bond acceptors (Lipinski definition) is 9. The molecule has 3 heterocycles. The van der Waals surface area contributed by atoms with Crippen molar-refractivity contribution in [3.05, 3.63) is 12.7 Å². The van der Waals surface area contributed by atoms with Crippen molar-refractivity contribution < 1.29 is 24.9 Å². The van der Waals surface area contributed by atoms with Crippen LogP contribution in [0, 0.1) is 0 Å². The van der Waals surface area contributed by atoms with Crippen LogP contribution in [0.25, 0.3) is 11.2 Å². The highest BCUT2D eigenvalue weighted by Crippen LogP contribution is 2.32. The van der Waals surface area contributed by atoms with Gasteiger partial charge in [-0.05, 0) is 0 Å². The van der Waals surface area contributed by atoms with Crippen LogP contribution in [-0.2, 0) is 9.53 Å². The Bertz CT molecular complexity index is 720. The van der Waals surface area contributed by atoms with Crippen LogP contribution in [0.2, 0.25) is 0 Å². The molecule has 0 amide bonds. The second kappa shape index (κ2) is 5.14. The number of carboxylic acids is 1. The zero-order chi connectivity index (χ0) is 16.0. The van der Waals surface area contributed by atoms with E-state index in [9.17, 15) is 15.0 Å². The van der Waals surface area contributed by atoms with Gasteiger partial charge >= 0.3 is 5.97 Å². The van der Waals surface area contributed by atoms with E-state index in [4.69, 9.17) is 21.3 Å². The first kappa shape index (κ1) is 14.6. The van der Waals surface area contributed by atoms with Crippen LogP contribution in [0.15, 0.2) is 12.7 Å². The van der Waals surface area contributed by atoms with Gasteiger partial charge in [0.25, 0.3) is 0 Å². The molecule has 1 aliphatic rings. The lowest BCUT2D eigenvalue weighted by Gasteiger charge is -2.18. The number of aromatic nitrogens is 4. The fraction of sp³-hybridized carbons (Fsp3) is 0.455. The fourth-order valence-corrected chi connectivity index (χ4v) is 2.41. The lowest BCUT2D eigenvalue weighted by atomic mass is 10.0. The Labute approximate surface area is 123 Å². The van der Waals surface area contributed by atoms with Crippen LogP contribution in [0.5, 0.6) is 0 Å². The molecule has 0 radical (unpaired) electrons. The summed E-state index contributed by atoms with van der Waals surface area (Å²) in [7, 11) is 0. The summed E-state index contributed by atoms with van der Waals surface area (Å²) < 4.78 is 6.76. The maximum absolute atomic E-state index is 10.9. The van der Waals surface area contributed by atoms with Crippen LogP contribution in [0.4, 0.5) is 5.82 Å². The number of nitrogens with zero attached hydrogens (tertiary/aromatic N) is 4. The maximum Gasteiger partial charge on any atom is 0.323 e. The third-order valence-corrected chi connectivity index (χ3v) is 3.58. The molecular weight excluding hydrogens is 296 g/mol. The van der Waals surface area contributed by atoms with Gasteiger partial charge in [0.05, 0.1) is 6.33 Å². The number of anilines is 1. The normalized spacial score (nSPS) is 29.8. The van der Waals surface area contributed by atoms with Crippen molar-refractivity contribution in [2.45, 2.75) is 30.6 Å². The van der Waals surface area contributed by atoms with Crippen LogP contribution in [0.1, 0.15) is 6.23 Å². The number of nitrogens with two attached hydrogens (primary N) is 2. The number of aliphatic hydroxyl groups excluding tert-OH is 2. The van der Waals surface area contributed by atoms with Crippen LogP contribution in [-0.4, -0.2) is 65.2 Å². The van der Waals surface area contributed by atoms with Gasteiger partial charge in [0.2, 0.25) is 0 Å². The number of imidazole rings is 1. The standard InChI is InChI=1S/C11H14N6O5/c12-3(11(20)21)7-5(18)6(19)10(22-7)17-2-16-4-8(13)14-1-15-9(4)17/h1-3,5-7,10,18-19H,12H2,(H,20,21)(H2,13,14,15). The van der Waals surface area contributed by atoms with Gasteiger partial charge in [-0.1, -0.05) is 0 Å². The van der Waals surface area contributed by atoms with Crippen molar-refractivity contribution in [2.24, 2.45) is 5.73 Å². The van der Waals surface area contributed by atoms with Crippen molar-refractivity contribution in [3.63, 3.8) is 0 Å². The van der Waals surface area contributed by atoms with E-state index in [1.165, 1.54) is 17.2 Å². The summed E-state index contributed by atoms with van der Waals surface area (Å²) in [5.74, 6) is -1.20. The molecule has 1 fully saturated rings. The zero-order valence-electron chi connectivity index (χ0n) is 11.1. The van der Waals surface area contributed by atoms with Gasteiger partial charge in [-0.25, -0.2) is 15.0 Å². The predicted molar refractivity (Wildman–Crippen MR) is 71.3 cm³/mol. The number of carbonyl (C=O) groups is 1. The molecule has 2 aromatic rings. The fourth-order valence-electron chi connectivity index (χ4n) is 2.41. The molecule has 22 heavy (non-hydrogen) atoms. The highest BCUT2D eigenvalue weighted by molar-refractivity contribution is 5.81. The molecule has 0 aliphatic carbocycles. The Morgan fingerprint density at radius 1 is 1.32 bits per heavy atom. The summed E-state index contributed by atoms with van der Waals surface area (Å²) in [6.07, 6.45) is -2.70. The van der Waals surface area contributed by atoms with Crippen molar-refractivity contribution >= 4 is 23.0 Å². The van der Waals surface area contributed by atoms with E-state index >= 15 is 0 Å². The molecule has 1 aliphatic heterocycles. The smallest absolute Gasteiger partial charge is 0.323 e. The van der Waals surface area contributed by atoms with E-state index < -0.39 is 36.6 Å². The van der Waals surface area contributed by atoms with E-state index in [2.05, 4.69) is 15.0 Å². The number of carboxylic acid groups (broad SMARTS) is 1. The van der Waals surface area contributed by atoms with Gasteiger partial charge in [-0.3, -0.25) is 9.36 Å². The molecule has 1 saturated heterocycles. The number of fused-ring (bicyclic) bond motifs is 1. The topological polar surface area (TPSA) is 183 Å². The summed E-state index contributed by atoms with van der Waals surface area (Å²) >= 11 is 0. The number of aliphatic hydroxyl groups is 2. The monoisotopic (exact) mass is 310 g/mol. The molecule has 0 bridgehead atoms. The van der Waals surface area contributed by atoms with Gasteiger partial charge in [-0.2, -0.15) is 0 Å². The molecule has 0 spiro atoms. The average Bonchev–Trinajstić information content (AvgIpc) is 3.02. The first-order valence-corrected chi connectivity index (χ1v) is 6.34. The number of rotatable bonds is 3. The SMILES string of the molecule is Nc1ncnc2c1ncn2C1OC(C(N)C(=O)O)C(O)C1O.